The first-order chi connectivity index (χ1) is 11.8. The fraction of sp³-hybridized carbons (Fsp3) is 0.412. The fourth-order valence-electron chi connectivity index (χ4n) is 1.92. The molecule has 6 nitrogen and oxygen atoms in total. The molecule has 0 unspecified atom stereocenters. The largest absolute Gasteiger partial charge is 0.337 e. The molecule has 132 valence electrons. The maximum atomic E-state index is 12.1. The number of hydrogen-bond donors (Lipinski definition) is 2. The molecule has 1 aromatic heterocycles. The number of nitrogens with zero attached hydrogens (tertiary/aromatic N) is 3. The molecule has 1 atom stereocenters. The topological polar surface area (TPSA) is 90.7 Å². The first kappa shape index (κ1) is 19.2. The lowest BCUT2D eigenvalue weighted by Crippen LogP contribution is -2.49. The lowest BCUT2D eigenvalue weighted by Gasteiger charge is -2.27. The quantitative estimate of drug-likeness (QED) is 0.717. The number of nitrogens with one attached hydrogen (secondary N) is 2. The summed E-state index contributed by atoms with van der Waals surface area (Å²) < 4.78 is 0.702. The Balaban J connectivity index is 1.89. The molecule has 8 heteroatoms. The van der Waals surface area contributed by atoms with Gasteiger partial charge in [0.05, 0.1) is 11.8 Å². The van der Waals surface area contributed by atoms with Crippen molar-refractivity contribution in [3.05, 3.63) is 29.8 Å². The minimum absolute atomic E-state index is 0.0260. The highest BCUT2D eigenvalue weighted by Gasteiger charge is 2.29. The van der Waals surface area contributed by atoms with Gasteiger partial charge in [0.1, 0.15) is 5.54 Å². The van der Waals surface area contributed by atoms with E-state index in [4.69, 9.17) is 0 Å². The number of aromatic nitrogens is 2. The van der Waals surface area contributed by atoms with Crippen LogP contribution in [0, 0.1) is 24.2 Å². The van der Waals surface area contributed by atoms with E-state index in [0.29, 0.717) is 9.47 Å². The van der Waals surface area contributed by atoms with Crippen molar-refractivity contribution in [1.29, 1.82) is 5.26 Å². The Morgan fingerprint density at radius 2 is 2.20 bits per heavy atom. The highest BCUT2D eigenvalue weighted by molar-refractivity contribution is 8.01. The normalized spacial score (nSPS) is 13.1. The average Bonchev–Trinajstić information content (AvgIpc) is 3.00. The zero-order valence-electron chi connectivity index (χ0n) is 14.7. The molecule has 2 N–H and O–H groups in total. The Morgan fingerprint density at radius 1 is 1.44 bits per heavy atom. The fourth-order valence-corrected chi connectivity index (χ4v) is 3.49. The van der Waals surface area contributed by atoms with Crippen LogP contribution in [-0.2, 0) is 4.79 Å². The van der Waals surface area contributed by atoms with Crippen LogP contribution in [0.25, 0.3) is 0 Å². The minimum Gasteiger partial charge on any atom is -0.337 e. The van der Waals surface area contributed by atoms with Gasteiger partial charge in [-0.1, -0.05) is 49.1 Å². The van der Waals surface area contributed by atoms with Gasteiger partial charge >= 0.3 is 0 Å². The lowest BCUT2D eigenvalue weighted by molar-refractivity contribution is -0.120. The predicted octanol–water partition coefficient (Wildman–Crippen LogP) is 3.74. The molecule has 0 saturated heterocycles. The van der Waals surface area contributed by atoms with Crippen molar-refractivity contribution in [2.75, 3.05) is 11.1 Å². The molecule has 1 aromatic carbocycles. The number of aryl methyl sites for hydroxylation is 1. The van der Waals surface area contributed by atoms with E-state index >= 15 is 0 Å². The summed E-state index contributed by atoms with van der Waals surface area (Å²) in [5, 5.41) is 24.1. The van der Waals surface area contributed by atoms with Gasteiger partial charge in [-0.2, -0.15) is 5.26 Å². The highest BCUT2D eigenvalue weighted by Crippen LogP contribution is 2.28. The second-order valence-electron chi connectivity index (χ2n) is 6.17. The van der Waals surface area contributed by atoms with Gasteiger partial charge in [-0.15, -0.1) is 10.2 Å². The molecule has 0 spiro atoms. The third kappa shape index (κ3) is 5.44. The number of nitriles is 1. The second-order valence-corrected chi connectivity index (χ2v) is 8.37. The van der Waals surface area contributed by atoms with E-state index < -0.39 is 5.54 Å². The summed E-state index contributed by atoms with van der Waals surface area (Å²) in [4.78, 5) is 12.1. The Kier molecular flexibility index (Phi) is 6.39. The van der Waals surface area contributed by atoms with Gasteiger partial charge < -0.3 is 10.6 Å². The van der Waals surface area contributed by atoms with E-state index in [1.54, 1.807) is 6.92 Å². The first-order valence-corrected chi connectivity index (χ1v) is 9.65. The Morgan fingerprint density at radius 3 is 2.84 bits per heavy atom. The molecule has 1 amide bonds. The molecule has 1 heterocycles. The number of anilines is 2. The van der Waals surface area contributed by atoms with Crippen LogP contribution in [0.4, 0.5) is 10.8 Å². The van der Waals surface area contributed by atoms with Gasteiger partial charge in [-0.05, 0) is 37.5 Å². The minimum atomic E-state index is -0.864. The summed E-state index contributed by atoms with van der Waals surface area (Å²) in [6.45, 7) is 7.57. The number of hydrogen-bond acceptors (Lipinski definition) is 7. The molecule has 0 saturated carbocycles. The van der Waals surface area contributed by atoms with Crippen molar-refractivity contribution in [3.63, 3.8) is 0 Å². The third-order valence-corrected chi connectivity index (χ3v) is 5.76. The molecule has 0 radical (unpaired) electrons. The number of carbonyl (C=O) groups is 1. The van der Waals surface area contributed by atoms with Crippen molar-refractivity contribution in [2.45, 2.75) is 37.6 Å². The molecule has 25 heavy (non-hydrogen) atoms. The summed E-state index contributed by atoms with van der Waals surface area (Å²) in [7, 11) is 0. The Labute approximate surface area is 156 Å². The molecule has 0 aliphatic heterocycles. The predicted molar refractivity (Wildman–Crippen MR) is 102 cm³/mol. The molecule has 2 rings (SSSR count). The van der Waals surface area contributed by atoms with E-state index in [1.807, 2.05) is 45.0 Å². The highest BCUT2D eigenvalue weighted by atomic mass is 32.2. The SMILES string of the molecule is Cc1cccc(Nc2nnc(SCC(=O)N[C@](C)(C#N)C(C)C)s2)c1. The van der Waals surface area contributed by atoms with Crippen LogP contribution in [0.2, 0.25) is 0 Å². The van der Waals surface area contributed by atoms with Crippen LogP contribution in [-0.4, -0.2) is 27.4 Å². The van der Waals surface area contributed by atoms with E-state index in [1.165, 1.54) is 23.1 Å². The Hall–Kier alpha value is -2.11. The maximum Gasteiger partial charge on any atom is 0.231 e. The second kappa shape index (κ2) is 8.32. The van der Waals surface area contributed by atoms with E-state index in [0.717, 1.165) is 11.3 Å². The van der Waals surface area contributed by atoms with Crippen molar-refractivity contribution in [2.24, 2.45) is 5.92 Å². The summed E-state index contributed by atoms with van der Waals surface area (Å²) in [6, 6.07) is 10.1. The van der Waals surface area contributed by atoms with E-state index in [-0.39, 0.29) is 17.6 Å². The van der Waals surface area contributed by atoms with Crippen molar-refractivity contribution in [1.82, 2.24) is 15.5 Å². The monoisotopic (exact) mass is 375 g/mol. The molecular formula is C17H21N5OS2. The molecule has 0 fully saturated rings. The molecule has 2 aromatic rings. The van der Waals surface area contributed by atoms with Crippen LogP contribution in [0.3, 0.4) is 0 Å². The summed E-state index contributed by atoms with van der Waals surface area (Å²) in [5.41, 5.74) is 1.25. The van der Waals surface area contributed by atoms with Crippen molar-refractivity contribution >= 4 is 39.8 Å². The molecular weight excluding hydrogens is 354 g/mol. The number of carbonyl (C=O) groups excluding carboxylic acids is 1. The van der Waals surface area contributed by atoms with Crippen molar-refractivity contribution < 1.29 is 4.79 Å². The Bertz CT molecular complexity index is 783. The van der Waals surface area contributed by atoms with Gasteiger partial charge in [0, 0.05) is 5.69 Å². The number of rotatable bonds is 7. The van der Waals surface area contributed by atoms with Gasteiger partial charge in [0.25, 0.3) is 0 Å². The van der Waals surface area contributed by atoms with Gasteiger partial charge in [-0.3, -0.25) is 4.79 Å². The summed E-state index contributed by atoms with van der Waals surface area (Å²) in [5.74, 6) is 0.0348. The first-order valence-electron chi connectivity index (χ1n) is 7.84. The number of thioether (sulfide) groups is 1. The van der Waals surface area contributed by atoms with Crippen LogP contribution in [0.15, 0.2) is 28.6 Å². The van der Waals surface area contributed by atoms with E-state index in [2.05, 4.69) is 26.9 Å². The zero-order chi connectivity index (χ0) is 18.4. The summed E-state index contributed by atoms with van der Waals surface area (Å²) >= 11 is 2.70. The molecule has 0 aliphatic rings. The van der Waals surface area contributed by atoms with Crippen LogP contribution >= 0.6 is 23.1 Å². The lowest BCUT2D eigenvalue weighted by atomic mass is 9.90. The van der Waals surface area contributed by atoms with Crippen LogP contribution in [0.1, 0.15) is 26.3 Å². The summed E-state index contributed by atoms with van der Waals surface area (Å²) in [6.07, 6.45) is 0. The number of benzene rings is 1. The van der Waals surface area contributed by atoms with Crippen LogP contribution in [0.5, 0.6) is 0 Å². The maximum absolute atomic E-state index is 12.1. The van der Waals surface area contributed by atoms with Gasteiger partial charge in [-0.25, -0.2) is 0 Å². The third-order valence-electron chi connectivity index (χ3n) is 3.79. The van der Waals surface area contributed by atoms with Crippen molar-refractivity contribution in [3.8, 4) is 6.07 Å². The number of amides is 1. The zero-order valence-corrected chi connectivity index (χ0v) is 16.3. The standard InChI is InChI=1S/C17H21N5OS2/c1-11(2)17(4,10-18)20-14(23)9-24-16-22-21-15(25-16)19-13-7-5-6-12(3)8-13/h5-8,11H,9H2,1-4H3,(H,19,21)(H,20,23)/t17-/m1/s1. The smallest absolute Gasteiger partial charge is 0.231 e. The molecule has 0 bridgehead atoms. The van der Waals surface area contributed by atoms with Gasteiger partial charge in [0.15, 0.2) is 4.34 Å². The average molecular weight is 376 g/mol. The van der Waals surface area contributed by atoms with E-state index in [9.17, 15) is 10.1 Å². The van der Waals surface area contributed by atoms with Gasteiger partial charge in [0.2, 0.25) is 11.0 Å². The molecule has 0 aliphatic carbocycles. The van der Waals surface area contributed by atoms with Crippen LogP contribution < -0.4 is 10.6 Å².